The third-order valence-electron chi connectivity index (χ3n) is 2.22. The van der Waals surface area contributed by atoms with Crippen LogP contribution in [0.25, 0.3) is 0 Å². The van der Waals surface area contributed by atoms with Gasteiger partial charge in [-0.3, -0.25) is 0 Å². The lowest BCUT2D eigenvalue weighted by molar-refractivity contribution is 0.240. The second kappa shape index (κ2) is 6.71. The number of benzene rings is 1. The quantitative estimate of drug-likeness (QED) is 0.525. The smallest absolute Gasteiger partial charge is 0.315 e. The molecule has 1 aromatic carbocycles. The Kier molecular flexibility index (Phi) is 5.19. The van der Waals surface area contributed by atoms with Crippen molar-refractivity contribution in [1.29, 1.82) is 0 Å². The first-order valence-electron chi connectivity index (χ1n) is 5.58. The standard InChI is InChI=1S/C12H19N3O/c1-2-3-7-14-12(16)15-9-10-5-4-6-11(13)8-10/h4-6,8H,2-3,7,9,13H2,1H3,(H2,14,15,16). The molecule has 0 saturated heterocycles. The molecule has 4 heteroatoms. The highest BCUT2D eigenvalue weighted by Gasteiger charge is 1.99. The highest BCUT2D eigenvalue weighted by Crippen LogP contribution is 2.05. The molecular weight excluding hydrogens is 202 g/mol. The van der Waals surface area contributed by atoms with Gasteiger partial charge in [-0.1, -0.05) is 25.5 Å². The summed E-state index contributed by atoms with van der Waals surface area (Å²) in [6, 6.07) is 7.36. The van der Waals surface area contributed by atoms with Crippen LogP contribution in [0.5, 0.6) is 0 Å². The summed E-state index contributed by atoms with van der Waals surface area (Å²) in [6.45, 7) is 3.31. The maximum atomic E-state index is 11.3. The fourth-order valence-electron chi connectivity index (χ4n) is 1.33. The van der Waals surface area contributed by atoms with Crippen molar-refractivity contribution in [2.75, 3.05) is 12.3 Å². The third kappa shape index (κ3) is 4.68. The van der Waals surface area contributed by atoms with Crippen LogP contribution in [0.3, 0.4) is 0 Å². The summed E-state index contributed by atoms with van der Waals surface area (Å²) < 4.78 is 0. The van der Waals surface area contributed by atoms with Gasteiger partial charge in [-0.2, -0.15) is 0 Å². The molecule has 1 rings (SSSR count). The zero-order chi connectivity index (χ0) is 11.8. The number of anilines is 1. The van der Waals surface area contributed by atoms with Gasteiger partial charge in [-0.25, -0.2) is 4.79 Å². The molecule has 0 fully saturated rings. The molecule has 0 saturated carbocycles. The Bertz CT molecular complexity index is 339. The number of urea groups is 1. The fraction of sp³-hybridized carbons (Fsp3) is 0.417. The molecule has 16 heavy (non-hydrogen) atoms. The van der Waals surface area contributed by atoms with Crippen LogP contribution in [0.4, 0.5) is 10.5 Å². The Morgan fingerprint density at radius 1 is 1.38 bits per heavy atom. The largest absolute Gasteiger partial charge is 0.399 e. The summed E-state index contributed by atoms with van der Waals surface area (Å²) in [6.07, 6.45) is 2.08. The number of carbonyl (C=O) groups excluding carboxylic acids is 1. The van der Waals surface area contributed by atoms with E-state index in [-0.39, 0.29) is 6.03 Å². The number of hydrogen-bond donors (Lipinski definition) is 3. The van der Waals surface area contributed by atoms with Crippen molar-refractivity contribution in [3.63, 3.8) is 0 Å². The Hall–Kier alpha value is -1.71. The fourth-order valence-corrected chi connectivity index (χ4v) is 1.33. The predicted octanol–water partition coefficient (Wildman–Crippen LogP) is 1.87. The molecule has 0 aliphatic carbocycles. The summed E-state index contributed by atoms with van der Waals surface area (Å²) in [5, 5.41) is 5.57. The Morgan fingerprint density at radius 2 is 2.19 bits per heavy atom. The van der Waals surface area contributed by atoms with Crippen LogP contribution in [0.1, 0.15) is 25.3 Å². The van der Waals surface area contributed by atoms with Crippen LogP contribution in [-0.2, 0) is 6.54 Å². The number of nitrogens with one attached hydrogen (secondary N) is 2. The third-order valence-corrected chi connectivity index (χ3v) is 2.22. The van der Waals surface area contributed by atoms with E-state index < -0.39 is 0 Å². The van der Waals surface area contributed by atoms with Crippen molar-refractivity contribution >= 4 is 11.7 Å². The molecule has 0 radical (unpaired) electrons. The number of nitrogens with two attached hydrogens (primary N) is 1. The van der Waals surface area contributed by atoms with E-state index >= 15 is 0 Å². The van der Waals surface area contributed by atoms with Gasteiger partial charge in [-0.15, -0.1) is 0 Å². The van der Waals surface area contributed by atoms with Crippen molar-refractivity contribution < 1.29 is 4.79 Å². The molecule has 0 aromatic heterocycles. The zero-order valence-electron chi connectivity index (χ0n) is 9.62. The predicted molar refractivity (Wildman–Crippen MR) is 66.0 cm³/mol. The molecule has 0 spiro atoms. The minimum Gasteiger partial charge on any atom is -0.399 e. The molecule has 0 heterocycles. The summed E-state index contributed by atoms with van der Waals surface area (Å²) in [4.78, 5) is 11.3. The van der Waals surface area contributed by atoms with Crippen LogP contribution < -0.4 is 16.4 Å². The van der Waals surface area contributed by atoms with E-state index in [1.807, 2.05) is 24.3 Å². The van der Waals surface area contributed by atoms with Crippen molar-refractivity contribution in [3.8, 4) is 0 Å². The number of hydrogen-bond acceptors (Lipinski definition) is 2. The summed E-state index contributed by atoms with van der Waals surface area (Å²) >= 11 is 0. The second-order valence-corrected chi connectivity index (χ2v) is 3.71. The molecule has 0 unspecified atom stereocenters. The highest BCUT2D eigenvalue weighted by molar-refractivity contribution is 5.73. The van der Waals surface area contributed by atoms with Crippen LogP contribution in [0.15, 0.2) is 24.3 Å². The first-order chi connectivity index (χ1) is 7.72. The van der Waals surface area contributed by atoms with Gasteiger partial charge in [0.05, 0.1) is 0 Å². The summed E-state index contributed by atoms with van der Waals surface area (Å²) in [7, 11) is 0. The first-order valence-corrected chi connectivity index (χ1v) is 5.58. The van der Waals surface area contributed by atoms with Crippen molar-refractivity contribution in [1.82, 2.24) is 10.6 Å². The van der Waals surface area contributed by atoms with Crippen LogP contribution in [-0.4, -0.2) is 12.6 Å². The second-order valence-electron chi connectivity index (χ2n) is 3.71. The highest BCUT2D eigenvalue weighted by atomic mass is 16.2. The molecule has 4 nitrogen and oxygen atoms in total. The number of unbranched alkanes of at least 4 members (excludes halogenated alkanes) is 1. The van der Waals surface area contributed by atoms with Gasteiger partial charge in [0.25, 0.3) is 0 Å². The van der Waals surface area contributed by atoms with Gasteiger partial charge >= 0.3 is 6.03 Å². The lowest BCUT2D eigenvalue weighted by atomic mass is 10.2. The Labute approximate surface area is 96.2 Å². The van der Waals surface area contributed by atoms with Gasteiger partial charge in [0.2, 0.25) is 0 Å². The monoisotopic (exact) mass is 221 g/mol. The Balaban J connectivity index is 2.26. The van der Waals surface area contributed by atoms with E-state index in [0.717, 1.165) is 24.9 Å². The van der Waals surface area contributed by atoms with E-state index in [2.05, 4.69) is 17.6 Å². The van der Waals surface area contributed by atoms with Gasteiger partial charge in [0.1, 0.15) is 0 Å². The number of nitrogen functional groups attached to an aromatic ring is 1. The van der Waals surface area contributed by atoms with Crippen LogP contribution >= 0.6 is 0 Å². The SMILES string of the molecule is CCCCNC(=O)NCc1cccc(N)c1. The van der Waals surface area contributed by atoms with Crippen LogP contribution in [0, 0.1) is 0 Å². The number of amides is 2. The molecule has 1 aromatic rings. The van der Waals surface area contributed by atoms with E-state index in [4.69, 9.17) is 5.73 Å². The molecule has 0 aliphatic rings. The molecule has 2 amide bonds. The van der Waals surface area contributed by atoms with E-state index in [1.54, 1.807) is 0 Å². The van der Waals surface area contributed by atoms with Crippen molar-refractivity contribution in [2.45, 2.75) is 26.3 Å². The van der Waals surface area contributed by atoms with E-state index in [9.17, 15) is 4.79 Å². The van der Waals surface area contributed by atoms with Crippen molar-refractivity contribution in [3.05, 3.63) is 29.8 Å². The van der Waals surface area contributed by atoms with Gasteiger partial charge < -0.3 is 16.4 Å². The number of rotatable bonds is 5. The lowest BCUT2D eigenvalue weighted by Gasteiger charge is -2.07. The summed E-state index contributed by atoms with van der Waals surface area (Å²) in [5.74, 6) is 0. The normalized spacial score (nSPS) is 9.81. The van der Waals surface area contributed by atoms with Gasteiger partial charge in [0, 0.05) is 18.8 Å². The average Bonchev–Trinajstić information content (AvgIpc) is 2.27. The molecular formula is C12H19N3O. The Morgan fingerprint density at radius 3 is 2.88 bits per heavy atom. The minimum absolute atomic E-state index is 0.129. The summed E-state index contributed by atoms with van der Waals surface area (Å²) in [5.41, 5.74) is 7.35. The average molecular weight is 221 g/mol. The topological polar surface area (TPSA) is 67.2 Å². The molecule has 0 atom stereocenters. The van der Waals surface area contributed by atoms with E-state index in [0.29, 0.717) is 12.2 Å². The van der Waals surface area contributed by atoms with Crippen molar-refractivity contribution in [2.24, 2.45) is 0 Å². The maximum Gasteiger partial charge on any atom is 0.315 e. The zero-order valence-corrected chi connectivity index (χ0v) is 9.62. The first kappa shape index (κ1) is 12.4. The molecule has 4 N–H and O–H groups in total. The van der Waals surface area contributed by atoms with Crippen LogP contribution in [0.2, 0.25) is 0 Å². The lowest BCUT2D eigenvalue weighted by Crippen LogP contribution is -2.35. The molecule has 88 valence electrons. The maximum absolute atomic E-state index is 11.3. The molecule has 0 bridgehead atoms. The minimum atomic E-state index is -0.129. The molecule has 0 aliphatic heterocycles. The van der Waals surface area contributed by atoms with E-state index in [1.165, 1.54) is 0 Å². The van der Waals surface area contributed by atoms with Gasteiger partial charge in [0.15, 0.2) is 0 Å². The van der Waals surface area contributed by atoms with Gasteiger partial charge in [-0.05, 0) is 24.1 Å². The number of carbonyl (C=O) groups is 1.